The highest BCUT2D eigenvalue weighted by atomic mass is 35.5. The normalized spacial score (nSPS) is 13.0. The van der Waals surface area contributed by atoms with Crippen LogP contribution in [0.25, 0.3) is 0 Å². The van der Waals surface area contributed by atoms with Gasteiger partial charge < -0.3 is 0 Å². The van der Waals surface area contributed by atoms with Crippen LogP contribution >= 0.6 is 34.8 Å². The van der Waals surface area contributed by atoms with Crippen molar-refractivity contribution < 1.29 is 4.39 Å². The van der Waals surface area contributed by atoms with Gasteiger partial charge in [-0.25, -0.2) is 4.39 Å². The zero-order chi connectivity index (χ0) is 71.1. The van der Waals surface area contributed by atoms with E-state index in [1.165, 1.54) is 61.2 Å². The minimum atomic E-state index is -0.125. The predicted molar refractivity (Wildman–Crippen MR) is 408 cm³/mol. The zero-order valence-corrected chi connectivity index (χ0v) is 67.2. The SMILES string of the molecule is CC(C)(C)c1cc(Cl)c(C(C)(C)C)c(Cl)c1.CC(C)(C)c1ccc(C(C)(C)C)c(Cl)c1.CC(C)(C)c1ccc(C(C)(C)C)c(F)c1.CC(C)(C)c1ccc(C(C)(C)C)cc1.Cc1cc(C(C)(C)C)ccc1C(C)(C)C.Cc1cc(C(C)(C)C)ccc1C(C)(C)C. The van der Waals surface area contributed by atoms with E-state index in [9.17, 15) is 4.39 Å². The van der Waals surface area contributed by atoms with E-state index in [4.69, 9.17) is 34.8 Å². The molecule has 0 aliphatic rings. The van der Waals surface area contributed by atoms with Crippen LogP contribution in [-0.4, -0.2) is 0 Å². The molecule has 0 spiro atoms. The minimum absolute atomic E-state index is 0.0112. The molecule has 0 bridgehead atoms. The molecule has 0 aromatic heterocycles. The zero-order valence-electron chi connectivity index (χ0n) is 64.9. The number of benzene rings is 6. The Morgan fingerprint density at radius 3 is 0.633 bits per heavy atom. The second-order valence-corrected chi connectivity index (χ2v) is 39.1. The monoisotopic (exact) mass is 1290 g/mol. The number of halogens is 4. The molecule has 6 rings (SSSR count). The van der Waals surface area contributed by atoms with E-state index >= 15 is 0 Å². The summed E-state index contributed by atoms with van der Waals surface area (Å²) in [6.45, 7) is 83.5. The lowest BCUT2D eigenvalue weighted by atomic mass is 9.80. The van der Waals surface area contributed by atoms with Crippen LogP contribution in [0.3, 0.4) is 0 Å². The number of rotatable bonds is 0. The lowest BCUT2D eigenvalue weighted by Crippen LogP contribution is -2.16. The van der Waals surface area contributed by atoms with Gasteiger partial charge in [0.15, 0.2) is 0 Å². The van der Waals surface area contributed by atoms with Crippen LogP contribution in [-0.2, 0) is 65.0 Å². The summed E-state index contributed by atoms with van der Waals surface area (Å²) in [4.78, 5) is 0. The highest BCUT2D eigenvalue weighted by Crippen LogP contribution is 2.40. The second kappa shape index (κ2) is 30.7. The van der Waals surface area contributed by atoms with Crippen LogP contribution in [0.1, 0.15) is 327 Å². The average molecular weight is 1290 g/mol. The Hall–Kier alpha value is -3.88. The first-order chi connectivity index (χ1) is 39.7. The molecule has 504 valence electrons. The topological polar surface area (TPSA) is 0 Å². The fraction of sp³-hybridized carbons (Fsp3) is 0.581. The molecule has 6 aromatic carbocycles. The van der Waals surface area contributed by atoms with Crippen LogP contribution < -0.4 is 0 Å². The number of hydrogen-bond donors (Lipinski definition) is 0. The predicted octanol–water partition coefficient (Wildman–Crippen LogP) is 28.4. The molecule has 0 radical (unpaired) electrons. The van der Waals surface area contributed by atoms with Crippen molar-refractivity contribution in [3.05, 3.63) is 208 Å². The Kier molecular flexibility index (Phi) is 28.7. The van der Waals surface area contributed by atoms with Gasteiger partial charge >= 0.3 is 0 Å². The lowest BCUT2D eigenvalue weighted by Gasteiger charge is -2.26. The van der Waals surface area contributed by atoms with Gasteiger partial charge in [0.25, 0.3) is 0 Å². The molecule has 0 fully saturated rings. The molecule has 90 heavy (non-hydrogen) atoms. The van der Waals surface area contributed by atoms with Crippen molar-refractivity contribution in [2.24, 2.45) is 0 Å². The van der Waals surface area contributed by atoms with Gasteiger partial charge in [0.1, 0.15) is 5.82 Å². The maximum Gasteiger partial charge on any atom is 0.127 e. The first-order valence-electron chi connectivity index (χ1n) is 33.2. The van der Waals surface area contributed by atoms with Crippen LogP contribution in [0.2, 0.25) is 15.1 Å². The van der Waals surface area contributed by atoms with Gasteiger partial charge in [0.2, 0.25) is 0 Å². The molecule has 0 heterocycles. The molecular weight excluding hydrogens is 1160 g/mol. The summed E-state index contributed by atoms with van der Waals surface area (Å²) in [6, 6.07) is 38.9. The molecule has 0 amide bonds. The Morgan fingerprint density at radius 2 is 0.422 bits per heavy atom. The van der Waals surface area contributed by atoms with Gasteiger partial charge in [-0.15, -0.1) is 0 Å². The highest BCUT2D eigenvalue weighted by Gasteiger charge is 2.27. The summed E-state index contributed by atoms with van der Waals surface area (Å²) in [5, 5.41) is 2.42. The lowest BCUT2D eigenvalue weighted by molar-refractivity contribution is 0.513. The maximum atomic E-state index is 13.9. The summed E-state index contributed by atoms with van der Waals surface area (Å²) < 4.78 is 13.9. The molecule has 0 atom stereocenters. The molecule has 6 aromatic rings. The summed E-state index contributed by atoms with van der Waals surface area (Å²) in [5.41, 5.74) is 19.7. The summed E-state index contributed by atoms with van der Waals surface area (Å²) >= 11 is 19.0. The van der Waals surface area contributed by atoms with Crippen LogP contribution in [0.4, 0.5) is 4.39 Å². The van der Waals surface area contributed by atoms with E-state index in [2.05, 4.69) is 321 Å². The first kappa shape index (κ1) is 84.1. The van der Waals surface area contributed by atoms with E-state index in [1.54, 1.807) is 6.07 Å². The molecule has 0 saturated carbocycles. The Balaban J connectivity index is 0.000000540. The van der Waals surface area contributed by atoms with Crippen molar-refractivity contribution >= 4 is 34.8 Å². The van der Waals surface area contributed by atoms with Crippen LogP contribution in [0.15, 0.2) is 109 Å². The fourth-order valence-corrected chi connectivity index (χ4v) is 11.8. The van der Waals surface area contributed by atoms with E-state index in [0.29, 0.717) is 0 Å². The second-order valence-electron chi connectivity index (χ2n) is 37.8. The van der Waals surface area contributed by atoms with Gasteiger partial charge in [-0.1, -0.05) is 369 Å². The molecular formula is C86H132Cl3F. The van der Waals surface area contributed by atoms with Gasteiger partial charge in [-0.05, 0) is 181 Å². The first-order valence-corrected chi connectivity index (χ1v) is 34.3. The highest BCUT2D eigenvalue weighted by molar-refractivity contribution is 6.36. The smallest absolute Gasteiger partial charge is 0.127 e. The Bertz CT molecular complexity index is 2870. The van der Waals surface area contributed by atoms with Crippen molar-refractivity contribution in [3.8, 4) is 0 Å². The molecule has 4 heteroatoms. The standard InChI is InChI=1S/2C15H24.C14H20Cl2.C14H21Cl.C14H21F.C14H22/c2*1-11-10-12(14(2,3)4)8-9-13(11)15(5,6)7;1-13(2,3)9-7-10(15)12(11(16)8-9)14(4,5)6;2*1-13(2,3)10-7-8-11(12(15)9-10)14(4,5)6;1-13(2,3)11-7-9-12(10-8-11)14(4,5)6/h2*8-10H,1-7H3;7-8H,1-6H3;2*7-9H,1-6H3;7-10H,1-6H3. The van der Waals surface area contributed by atoms with Crippen molar-refractivity contribution in [2.75, 3.05) is 0 Å². The maximum absolute atomic E-state index is 13.9. The largest absolute Gasteiger partial charge is 0.207 e. The molecule has 0 nitrogen and oxygen atoms in total. The summed E-state index contributed by atoms with van der Waals surface area (Å²) in [7, 11) is 0. The quantitative estimate of drug-likeness (QED) is 0.142. The third-order valence-corrected chi connectivity index (χ3v) is 17.3. The molecule has 0 saturated heterocycles. The van der Waals surface area contributed by atoms with E-state index in [0.717, 1.165) is 31.8 Å². The molecule has 0 unspecified atom stereocenters. The van der Waals surface area contributed by atoms with Gasteiger partial charge in [-0.3, -0.25) is 0 Å². The van der Waals surface area contributed by atoms with E-state index < -0.39 is 0 Å². The minimum Gasteiger partial charge on any atom is -0.207 e. The van der Waals surface area contributed by atoms with Crippen LogP contribution in [0.5, 0.6) is 0 Å². The fourth-order valence-electron chi connectivity index (χ4n) is 10.3. The third kappa shape index (κ3) is 27.2. The number of hydrogen-bond acceptors (Lipinski definition) is 0. The van der Waals surface area contributed by atoms with Gasteiger partial charge in [-0.2, -0.15) is 0 Å². The third-order valence-electron chi connectivity index (χ3n) is 16.4. The Morgan fingerprint density at radius 1 is 0.211 bits per heavy atom. The average Bonchev–Trinajstić information content (AvgIpc) is 1.000. The van der Waals surface area contributed by atoms with Crippen molar-refractivity contribution in [3.63, 3.8) is 0 Å². The van der Waals surface area contributed by atoms with Crippen molar-refractivity contribution in [1.29, 1.82) is 0 Å². The van der Waals surface area contributed by atoms with Crippen molar-refractivity contribution in [1.82, 2.24) is 0 Å². The van der Waals surface area contributed by atoms with Crippen LogP contribution in [0, 0.1) is 19.7 Å². The summed E-state index contributed by atoms with van der Waals surface area (Å²) in [5.74, 6) is -0.0880. The molecule has 0 aliphatic carbocycles. The van der Waals surface area contributed by atoms with E-state index in [-0.39, 0.29) is 70.8 Å². The number of aryl methyl sites for hydroxylation is 2. The Labute approximate surface area is 571 Å². The van der Waals surface area contributed by atoms with Gasteiger partial charge in [0, 0.05) is 15.1 Å². The van der Waals surface area contributed by atoms with E-state index in [1.807, 2.05) is 45.0 Å². The summed E-state index contributed by atoms with van der Waals surface area (Å²) in [6.07, 6.45) is 0. The van der Waals surface area contributed by atoms with Gasteiger partial charge in [0.05, 0.1) is 0 Å². The molecule has 0 aliphatic heterocycles. The van der Waals surface area contributed by atoms with Crippen molar-refractivity contribution in [2.45, 2.75) is 328 Å². The molecule has 0 N–H and O–H groups in total.